The molecule has 0 saturated carbocycles. The first-order valence-corrected chi connectivity index (χ1v) is 6.69. The van der Waals surface area contributed by atoms with E-state index >= 15 is 0 Å². The second-order valence-corrected chi connectivity index (χ2v) is 4.99. The third-order valence-corrected chi connectivity index (χ3v) is 3.06. The Labute approximate surface area is 134 Å². The molecule has 1 aromatic rings. The van der Waals surface area contributed by atoms with Crippen molar-refractivity contribution in [2.45, 2.75) is 6.92 Å². The maximum absolute atomic E-state index is 11.7. The van der Waals surface area contributed by atoms with Gasteiger partial charge in [-0.2, -0.15) is 0 Å². The molecule has 1 rings (SSSR count). The number of esters is 2. The predicted octanol–water partition coefficient (Wildman–Crippen LogP) is 2.31. The zero-order valence-electron chi connectivity index (χ0n) is 12.0. The highest BCUT2D eigenvalue weighted by atomic mass is 79.9. The summed E-state index contributed by atoms with van der Waals surface area (Å²) in [4.78, 5) is 33.5. The summed E-state index contributed by atoms with van der Waals surface area (Å²) in [6, 6.07) is 2.91. The first-order valence-electron chi connectivity index (χ1n) is 5.89. The number of nitrogens with one attached hydrogen (secondary N) is 1. The SMILES string of the molecule is COC(=O)/C=C(/Nc1c(C)cc(Br)cc1[N+](=O)[O-])C(=O)OC. The smallest absolute Gasteiger partial charge is 0.354 e. The maximum atomic E-state index is 11.7. The van der Waals surface area contributed by atoms with Crippen LogP contribution in [0.4, 0.5) is 11.4 Å². The minimum absolute atomic E-state index is 0.0775. The number of nitro groups is 1. The van der Waals surface area contributed by atoms with Crippen LogP contribution in [0.25, 0.3) is 0 Å². The van der Waals surface area contributed by atoms with Crippen LogP contribution in [0.3, 0.4) is 0 Å². The van der Waals surface area contributed by atoms with Gasteiger partial charge >= 0.3 is 11.9 Å². The molecule has 0 spiro atoms. The number of hydrogen-bond donors (Lipinski definition) is 1. The first kappa shape index (κ1) is 17.6. The van der Waals surface area contributed by atoms with Gasteiger partial charge in [0.1, 0.15) is 11.4 Å². The summed E-state index contributed by atoms with van der Waals surface area (Å²) in [5.41, 5.74) is 0.0453. The zero-order valence-corrected chi connectivity index (χ0v) is 13.6. The van der Waals surface area contributed by atoms with Gasteiger partial charge in [0.2, 0.25) is 0 Å². The van der Waals surface area contributed by atoms with Gasteiger partial charge in [0, 0.05) is 10.5 Å². The third kappa shape index (κ3) is 4.29. The number of nitrogens with zero attached hydrogens (tertiary/aromatic N) is 1. The average Bonchev–Trinajstić information content (AvgIpc) is 2.47. The molecule has 0 fully saturated rings. The van der Waals surface area contributed by atoms with E-state index in [2.05, 4.69) is 30.7 Å². The quantitative estimate of drug-likeness (QED) is 0.365. The van der Waals surface area contributed by atoms with Crippen LogP contribution < -0.4 is 5.32 Å². The molecule has 0 aliphatic heterocycles. The summed E-state index contributed by atoms with van der Waals surface area (Å²) >= 11 is 3.16. The van der Waals surface area contributed by atoms with Crippen molar-refractivity contribution in [3.05, 3.63) is 44.1 Å². The number of aryl methyl sites for hydroxylation is 1. The topological polar surface area (TPSA) is 108 Å². The van der Waals surface area contributed by atoms with E-state index in [1.165, 1.54) is 6.07 Å². The van der Waals surface area contributed by atoms with Crippen molar-refractivity contribution in [1.82, 2.24) is 0 Å². The van der Waals surface area contributed by atoms with Crippen molar-refractivity contribution in [3.63, 3.8) is 0 Å². The van der Waals surface area contributed by atoms with E-state index in [0.29, 0.717) is 10.0 Å². The molecule has 1 N–H and O–H groups in total. The van der Waals surface area contributed by atoms with Crippen molar-refractivity contribution >= 4 is 39.2 Å². The van der Waals surface area contributed by atoms with Crippen LogP contribution in [0.2, 0.25) is 0 Å². The van der Waals surface area contributed by atoms with Crippen LogP contribution in [0.1, 0.15) is 5.56 Å². The molecule has 0 radical (unpaired) electrons. The van der Waals surface area contributed by atoms with Gasteiger partial charge in [0.25, 0.3) is 5.69 Å². The predicted molar refractivity (Wildman–Crippen MR) is 81.3 cm³/mol. The standard InChI is InChI=1S/C13H13BrN2O6/c1-7-4-8(14)5-10(16(19)20)12(7)15-9(13(18)22-3)6-11(17)21-2/h4-6,15H,1-3H3/b9-6+. The van der Waals surface area contributed by atoms with Gasteiger partial charge in [-0.15, -0.1) is 0 Å². The van der Waals surface area contributed by atoms with E-state index in [-0.39, 0.29) is 17.1 Å². The molecule has 0 aliphatic carbocycles. The Bertz CT molecular complexity index is 656. The molecular weight excluding hydrogens is 360 g/mol. The van der Waals surface area contributed by atoms with Gasteiger partial charge in [-0.25, -0.2) is 9.59 Å². The van der Waals surface area contributed by atoms with E-state index in [9.17, 15) is 19.7 Å². The lowest BCUT2D eigenvalue weighted by molar-refractivity contribution is -0.384. The Hall–Kier alpha value is -2.42. The molecule has 0 bridgehead atoms. The number of carbonyl (C=O) groups is 2. The van der Waals surface area contributed by atoms with E-state index in [1.807, 2.05) is 0 Å². The van der Waals surface area contributed by atoms with Crippen LogP contribution in [0, 0.1) is 17.0 Å². The number of rotatable bonds is 5. The first-order chi connectivity index (χ1) is 10.3. The fourth-order valence-corrected chi connectivity index (χ4v) is 2.16. The molecule has 0 atom stereocenters. The summed E-state index contributed by atoms with van der Waals surface area (Å²) in [5, 5.41) is 13.7. The molecule has 0 aromatic heterocycles. The van der Waals surface area contributed by atoms with Gasteiger partial charge in [-0.3, -0.25) is 10.1 Å². The van der Waals surface area contributed by atoms with E-state index in [1.54, 1.807) is 13.0 Å². The molecule has 0 heterocycles. The van der Waals surface area contributed by atoms with E-state index in [4.69, 9.17) is 0 Å². The van der Waals surface area contributed by atoms with Crippen LogP contribution in [-0.4, -0.2) is 31.1 Å². The van der Waals surface area contributed by atoms with Gasteiger partial charge < -0.3 is 14.8 Å². The number of benzene rings is 1. The van der Waals surface area contributed by atoms with Crippen molar-refractivity contribution in [1.29, 1.82) is 0 Å². The molecule has 0 aliphatic rings. The second kappa shape index (κ2) is 7.55. The number of methoxy groups -OCH3 is 2. The lowest BCUT2D eigenvalue weighted by atomic mass is 10.1. The van der Waals surface area contributed by atoms with Gasteiger partial charge in [-0.05, 0) is 18.6 Å². The van der Waals surface area contributed by atoms with Crippen LogP contribution >= 0.6 is 15.9 Å². The average molecular weight is 373 g/mol. The molecule has 0 amide bonds. The highest BCUT2D eigenvalue weighted by Crippen LogP contribution is 2.33. The van der Waals surface area contributed by atoms with Crippen molar-refractivity contribution < 1.29 is 24.0 Å². The lowest BCUT2D eigenvalue weighted by Crippen LogP contribution is -2.16. The molecule has 118 valence electrons. The number of carbonyl (C=O) groups excluding carboxylic acids is 2. The molecule has 0 unspecified atom stereocenters. The second-order valence-electron chi connectivity index (χ2n) is 4.07. The third-order valence-electron chi connectivity index (χ3n) is 2.60. The fraction of sp³-hybridized carbons (Fsp3) is 0.231. The number of hydrogen-bond acceptors (Lipinski definition) is 7. The molecular formula is C13H13BrN2O6. The van der Waals surface area contributed by atoms with Crippen molar-refractivity contribution in [2.75, 3.05) is 19.5 Å². The van der Waals surface area contributed by atoms with Crippen molar-refractivity contribution in [3.8, 4) is 0 Å². The number of ether oxygens (including phenoxy) is 2. The Morgan fingerprint density at radius 1 is 1.32 bits per heavy atom. The monoisotopic (exact) mass is 372 g/mol. The van der Waals surface area contributed by atoms with Crippen LogP contribution in [0.15, 0.2) is 28.4 Å². The summed E-state index contributed by atoms with van der Waals surface area (Å²) in [7, 11) is 2.26. The summed E-state index contributed by atoms with van der Waals surface area (Å²) < 4.78 is 9.49. The number of nitro benzene ring substituents is 1. The Morgan fingerprint density at radius 2 is 1.95 bits per heavy atom. The van der Waals surface area contributed by atoms with Crippen LogP contribution in [-0.2, 0) is 19.1 Å². The highest BCUT2D eigenvalue weighted by Gasteiger charge is 2.21. The molecule has 22 heavy (non-hydrogen) atoms. The van der Waals surface area contributed by atoms with Gasteiger partial charge in [-0.1, -0.05) is 15.9 Å². The highest BCUT2D eigenvalue weighted by molar-refractivity contribution is 9.10. The lowest BCUT2D eigenvalue weighted by Gasteiger charge is -2.12. The molecule has 8 nitrogen and oxygen atoms in total. The normalized spacial score (nSPS) is 10.8. The molecule has 0 saturated heterocycles. The summed E-state index contributed by atoms with van der Waals surface area (Å²) in [6.45, 7) is 1.62. The Balaban J connectivity index is 3.35. The van der Waals surface area contributed by atoms with Gasteiger partial charge in [0.05, 0.1) is 25.2 Å². The van der Waals surface area contributed by atoms with Crippen molar-refractivity contribution in [2.24, 2.45) is 0 Å². The number of halogens is 1. The Morgan fingerprint density at radius 3 is 2.45 bits per heavy atom. The largest absolute Gasteiger partial charge is 0.466 e. The fourth-order valence-electron chi connectivity index (χ4n) is 1.60. The molecule has 1 aromatic carbocycles. The maximum Gasteiger partial charge on any atom is 0.354 e. The van der Waals surface area contributed by atoms with E-state index in [0.717, 1.165) is 20.3 Å². The minimum Gasteiger partial charge on any atom is -0.466 e. The summed E-state index contributed by atoms with van der Waals surface area (Å²) in [5.74, 6) is -1.66. The minimum atomic E-state index is -0.859. The van der Waals surface area contributed by atoms with Gasteiger partial charge in [0.15, 0.2) is 0 Å². The molecule has 9 heteroatoms. The van der Waals surface area contributed by atoms with E-state index < -0.39 is 16.9 Å². The summed E-state index contributed by atoms with van der Waals surface area (Å²) in [6.07, 6.45) is 0.858. The zero-order chi connectivity index (χ0) is 16.9. The van der Waals surface area contributed by atoms with Crippen LogP contribution in [0.5, 0.6) is 0 Å². The Kier molecular flexibility index (Phi) is 6.05. The number of anilines is 1.